The van der Waals surface area contributed by atoms with Gasteiger partial charge in [0.05, 0.1) is 0 Å². The smallest absolute Gasteiger partial charge is 0.0399 e. The number of nitrogens with zero attached hydrogens (tertiary/aromatic N) is 2. The number of aromatic nitrogens is 1. The summed E-state index contributed by atoms with van der Waals surface area (Å²) in [5.41, 5.74) is 1.35. The first-order valence-electron chi connectivity index (χ1n) is 7.29. The van der Waals surface area contributed by atoms with Gasteiger partial charge in [-0.2, -0.15) is 0 Å². The minimum Gasteiger partial charge on any atom is -0.368 e. The first-order valence-corrected chi connectivity index (χ1v) is 7.29. The molecule has 98 valence electrons. The zero-order valence-electron chi connectivity index (χ0n) is 11.2. The van der Waals surface area contributed by atoms with Crippen molar-refractivity contribution in [2.24, 2.45) is 0 Å². The van der Waals surface area contributed by atoms with Gasteiger partial charge in [0.15, 0.2) is 0 Å². The molecule has 0 radical (unpaired) electrons. The number of rotatable bonds is 4. The molecule has 1 N–H and O–H groups in total. The molecule has 2 unspecified atom stereocenters. The summed E-state index contributed by atoms with van der Waals surface area (Å²) in [6, 6.07) is 6.54. The van der Waals surface area contributed by atoms with Crippen molar-refractivity contribution in [2.45, 2.75) is 57.2 Å². The van der Waals surface area contributed by atoms with Crippen LogP contribution in [0.1, 0.15) is 39.0 Å². The molecule has 3 heteroatoms. The predicted octanol–water partition coefficient (Wildman–Crippen LogP) is 2.58. The van der Waals surface area contributed by atoms with E-state index in [0.717, 1.165) is 18.6 Å². The van der Waals surface area contributed by atoms with Crippen LogP contribution in [-0.4, -0.2) is 29.7 Å². The molecular weight excluding hydrogens is 222 g/mol. The first kappa shape index (κ1) is 12.0. The maximum absolute atomic E-state index is 4.14. The van der Waals surface area contributed by atoms with Gasteiger partial charge >= 0.3 is 0 Å². The summed E-state index contributed by atoms with van der Waals surface area (Å²) in [5.74, 6) is 0. The van der Waals surface area contributed by atoms with E-state index >= 15 is 0 Å². The number of anilines is 1. The van der Waals surface area contributed by atoms with Gasteiger partial charge in [0, 0.05) is 42.8 Å². The Morgan fingerprint density at radius 1 is 1.22 bits per heavy atom. The molecule has 2 saturated heterocycles. The summed E-state index contributed by atoms with van der Waals surface area (Å²) in [4.78, 5) is 6.74. The van der Waals surface area contributed by atoms with Gasteiger partial charge in [-0.25, -0.2) is 0 Å². The zero-order valence-corrected chi connectivity index (χ0v) is 11.2. The molecular formula is C15H23N3. The second-order valence-corrected chi connectivity index (χ2v) is 5.66. The second kappa shape index (κ2) is 5.27. The average Bonchev–Trinajstić information content (AvgIpc) is 2.76. The Kier molecular flexibility index (Phi) is 3.50. The van der Waals surface area contributed by atoms with E-state index in [2.05, 4.69) is 34.3 Å². The lowest BCUT2D eigenvalue weighted by molar-refractivity contribution is 0.346. The number of piperidine rings is 1. The standard InChI is InChI=1S/C15H23N3/c1-2-9-18(14-5-7-16-8-6-14)15-10-12-3-4-13(11-15)17-12/h5-8,12-13,15,17H,2-4,9-11H2,1H3. The Hall–Kier alpha value is -1.09. The van der Waals surface area contributed by atoms with Crippen LogP contribution in [-0.2, 0) is 0 Å². The summed E-state index contributed by atoms with van der Waals surface area (Å²) in [6.45, 7) is 3.43. The van der Waals surface area contributed by atoms with Crippen LogP contribution in [0.25, 0.3) is 0 Å². The Bertz CT molecular complexity index is 367. The third kappa shape index (κ3) is 2.37. The summed E-state index contributed by atoms with van der Waals surface area (Å²) in [7, 11) is 0. The second-order valence-electron chi connectivity index (χ2n) is 5.66. The molecule has 2 aliphatic heterocycles. The summed E-state index contributed by atoms with van der Waals surface area (Å²) < 4.78 is 0. The zero-order chi connectivity index (χ0) is 12.4. The number of nitrogens with one attached hydrogen (secondary N) is 1. The third-order valence-corrected chi connectivity index (χ3v) is 4.35. The maximum Gasteiger partial charge on any atom is 0.0399 e. The molecule has 3 nitrogen and oxygen atoms in total. The largest absolute Gasteiger partial charge is 0.368 e. The van der Waals surface area contributed by atoms with Gasteiger partial charge < -0.3 is 10.2 Å². The van der Waals surface area contributed by atoms with E-state index in [1.54, 1.807) is 0 Å². The molecule has 2 fully saturated rings. The SMILES string of the molecule is CCCN(c1ccncc1)C1CC2CCC(C1)N2. The van der Waals surface area contributed by atoms with Gasteiger partial charge in [-0.3, -0.25) is 4.98 Å². The van der Waals surface area contributed by atoms with E-state index < -0.39 is 0 Å². The number of hydrogen-bond acceptors (Lipinski definition) is 3. The van der Waals surface area contributed by atoms with Gasteiger partial charge in [-0.1, -0.05) is 6.92 Å². The van der Waals surface area contributed by atoms with E-state index in [-0.39, 0.29) is 0 Å². The Morgan fingerprint density at radius 3 is 2.50 bits per heavy atom. The van der Waals surface area contributed by atoms with Crippen molar-refractivity contribution in [3.8, 4) is 0 Å². The molecule has 1 aromatic heterocycles. The molecule has 2 bridgehead atoms. The van der Waals surface area contributed by atoms with Crippen molar-refractivity contribution in [3.63, 3.8) is 0 Å². The van der Waals surface area contributed by atoms with Crippen molar-refractivity contribution in [1.29, 1.82) is 0 Å². The van der Waals surface area contributed by atoms with Crippen LogP contribution < -0.4 is 10.2 Å². The van der Waals surface area contributed by atoms with Crippen LogP contribution in [0.2, 0.25) is 0 Å². The number of pyridine rings is 1. The Labute approximate surface area is 110 Å². The molecule has 2 aliphatic rings. The van der Waals surface area contributed by atoms with Gasteiger partial charge in [-0.05, 0) is 44.2 Å². The van der Waals surface area contributed by atoms with E-state index in [1.165, 1.54) is 37.8 Å². The van der Waals surface area contributed by atoms with Crippen molar-refractivity contribution >= 4 is 5.69 Å². The van der Waals surface area contributed by atoms with Crippen LogP contribution in [0.5, 0.6) is 0 Å². The fraction of sp³-hybridized carbons (Fsp3) is 0.667. The molecule has 0 spiro atoms. The van der Waals surface area contributed by atoms with Gasteiger partial charge in [0.25, 0.3) is 0 Å². The molecule has 0 aromatic carbocycles. The highest BCUT2D eigenvalue weighted by Crippen LogP contribution is 2.32. The monoisotopic (exact) mass is 245 g/mol. The minimum absolute atomic E-state index is 0.714. The van der Waals surface area contributed by atoms with Gasteiger partial charge in [-0.15, -0.1) is 0 Å². The van der Waals surface area contributed by atoms with Crippen LogP contribution in [0.3, 0.4) is 0 Å². The lowest BCUT2D eigenvalue weighted by atomic mass is 9.97. The van der Waals surface area contributed by atoms with Gasteiger partial charge in [0.1, 0.15) is 0 Å². The van der Waals surface area contributed by atoms with Crippen LogP contribution in [0.4, 0.5) is 5.69 Å². The van der Waals surface area contributed by atoms with Gasteiger partial charge in [0.2, 0.25) is 0 Å². The number of fused-ring (bicyclic) bond motifs is 2. The average molecular weight is 245 g/mol. The molecule has 1 aromatic rings. The highest BCUT2D eigenvalue weighted by molar-refractivity contribution is 5.46. The Balaban J connectivity index is 1.77. The van der Waals surface area contributed by atoms with Crippen LogP contribution >= 0.6 is 0 Å². The topological polar surface area (TPSA) is 28.2 Å². The van der Waals surface area contributed by atoms with Crippen molar-refractivity contribution in [1.82, 2.24) is 10.3 Å². The van der Waals surface area contributed by atoms with Crippen LogP contribution in [0, 0.1) is 0 Å². The minimum atomic E-state index is 0.714. The van der Waals surface area contributed by atoms with E-state index in [1.807, 2.05) is 12.4 Å². The van der Waals surface area contributed by atoms with Crippen molar-refractivity contribution in [2.75, 3.05) is 11.4 Å². The Morgan fingerprint density at radius 2 is 1.89 bits per heavy atom. The fourth-order valence-corrected chi connectivity index (χ4v) is 3.58. The fourth-order valence-electron chi connectivity index (χ4n) is 3.58. The molecule has 3 heterocycles. The predicted molar refractivity (Wildman–Crippen MR) is 74.8 cm³/mol. The molecule has 0 amide bonds. The van der Waals surface area contributed by atoms with E-state index in [4.69, 9.17) is 0 Å². The third-order valence-electron chi connectivity index (χ3n) is 4.35. The quantitative estimate of drug-likeness (QED) is 0.883. The highest BCUT2D eigenvalue weighted by Gasteiger charge is 2.35. The number of hydrogen-bond donors (Lipinski definition) is 1. The van der Waals surface area contributed by atoms with Crippen molar-refractivity contribution < 1.29 is 0 Å². The normalized spacial score (nSPS) is 30.4. The first-order chi connectivity index (χ1) is 8.86. The molecule has 3 rings (SSSR count). The lowest BCUT2D eigenvalue weighted by Crippen LogP contribution is -2.48. The molecule has 0 saturated carbocycles. The molecule has 0 aliphatic carbocycles. The highest BCUT2D eigenvalue weighted by atomic mass is 15.2. The maximum atomic E-state index is 4.14. The summed E-state index contributed by atoms with van der Waals surface area (Å²) in [5, 5.41) is 3.73. The van der Waals surface area contributed by atoms with Crippen molar-refractivity contribution in [3.05, 3.63) is 24.5 Å². The molecule has 2 atom stereocenters. The lowest BCUT2D eigenvalue weighted by Gasteiger charge is -2.39. The molecule has 18 heavy (non-hydrogen) atoms. The van der Waals surface area contributed by atoms with E-state index in [9.17, 15) is 0 Å². The summed E-state index contributed by atoms with van der Waals surface area (Å²) >= 11 is 0. The van der Waals surface area contributed by atoms with E-state index in [0.29, 0.717) is 6.04 Å². The van der Waals surface area contributed by atoms with Crippen LogP contribution in [0.15, 0.2) is 24.5 Å². The summed E-state index contributed by atoms with van der Waals surface area (Å²) in [6.07, 6.45) is 10.4.